The van der Waals surface area contributed by atoms with Gasteiger partial charge >= 0.3 is 0 Å². The van der Waals surface area contributed by atoms with Gasteiger partial charge in [0.05, 0.1) is 10.5 Å². The highest BCUT2D eigenvalue weighted by Crippen LogP contribution is 2.20. The predicted octanol–water partition coefficient (Wildman–Crippen LogP) is 3.80. The number of aromatic nitrogens is 3. The van der Waals surface area contributed by atoms with Crippen molar-refractivity contribution in [3.05, 3.63) is 58.4 Å². The van der Waals surface area contributed by atoms with Crippen molar-refractivity contribution in [1.29, 1.82) is 0 Å². The summed E-state index contributed by atoms with van der Waals surface area (Å²) in [5, 5.41) is 7.55. The SMILES string of the molecule is CC(Nc1nc2c(Br)cccn2n1)c1ccc(F)cc1. The monoisotopic (exact) mass is 334 g/mol. The summed E-state index contributed by atoms with van der Waals surface area (Å²) in [6, 6.07) is 10.2. The van der Waals surface area contributed by atoms with Crippen molar-refractivity contribution >= 4 is 27.5 Å². The van der Waals surface area contributed by atoms with E-state index in [1.165, 1.54) is 12.1 Å². The van der Waals surface area contributed by atoms with E-state index in [2.05, 4.69) is 31.3 Å². The number of hydrogen-bond donors (Lipinski definition) is 1. The van der Waals surface area contributed by atoms with Crippen LogP contribution in [0.4, 0.5) is 10.3 Å². The van der Waals surface area contributed by atoms with E-state index in [1.807, 2.05) is 25.3 Å². The van der Waals surface area contributed by atoms with Gasteiger partial charge in [-0.15, -0.1) is 5.10 Å². The van der Waals surface area contributed by atoms with Crippen molar-refractivity contribution in [1.82, 2.24) is 14.6 Å². The smallest absolute Gasteiger partial charge is 0.243 e. The lowest BCUT2D eigenvalue weighted by atomic mass is 10.1. The maximum absolute atomic E-state index is 12.9. The van der Waals surface area contributed by atoms with Crippen LogP contribution in [-0.4, -0.2) is 14.6 Å². The van der Waals surface area contributed by atoms with Gasteiger partial charge in [0.25, 0.3) is 0 Å². The Balaban J connectivity index is 1.85. The quantitative estimate of drug-likeness (QED) is 0.792. The molecule has 20 heavy (non-hydrogen) atoms. The normalized spacial score (nSPS) is 12.6. The molecule has 3 rings (SSSR count). The Morgan fingerprint density at radius 3 is 2.70 bits per heavy atom. The van der Waals surface area contributed by atoms with E-state index in [9.17, 15) is 4.39 Å². The van der Waals surface area contributed by atoms with Crippen LogP contribution < -0.4 is 5.32 Å². The molecule has 1 N–H and O–H groups in total. The van der Waals surface area contributed by atoms with Crippen molar-refractivity contribution < 1.29 is 4.39 Å². The zero-order valence-corrected chi connectivity index (χ0v) is 12.3. The standard InChI is InChI=1S/C14H12BrFN4/c1-9(10-4-6-11(16)7-5-10)17-14-18-13-12(15)3-2-8-20(13)19-14/h2-9H,1H3,(H,17,19). The zero-order chi connectivity index (χ0) is 14.1. The maximum Gasteiger partial charge on any atom is 0.243 e. The van der Waals surface area contributed by atoms with Gasteiger partial charge < -0.3 is 5.32 Å². The molecule has 0 amide bonds. The van der Waals surface area contributed by atoms with Gasteiger partial charge in [0, 0.05) is 6.20 Å². The van der Waals surface area contributed by atoms with E-state index >= 15 is 0 Å². The molecule has 0 aliphatic carbocycles. The Morgan fingerprint density at radius 2 is 2.00 bits per heavy atom. The Hall–Kier alpha value is -1.95. The fraction of sp³-hybridized carbons (Fsp3) is 0.143. The van der Waals surface area contributed by atoms with Crippen LogP contribution in [0.25, 0.3) is 5.65 Å². The molecule has 4 nitrogen and oxygen atoms in total. The number of nitrogens with one attached hydrogen (secondary N) is 1. The highest BCUT2D eigenvalue weighted by Gasteiger charge is 2.10. The third kappa shape index (κ3) is 2.51. The number of halogens is 2. The fourth-order valence-electron chi connectivity index (χ4n) is 1.96. The van der Waals surface area contributed by atoms with Crippen LogP contribution in [0.3, 0.4) is 0 Å². The van der Waals surface area contributed by atoms with Crippen LogP contribution in [0.2, 0.25) is 0 Å². The molecule has 1 aromatic carbocycles. The van der Waals surface area contributed by atoms with Crippen LogP contribution >= 0.6 is 15.9 Å². The summed E-state index contributed by atoms with van der Waals surface area (Å²) < 4.78 is 15.5. The summed E-state index contributed by atoms with van der Waals surface area (Å²) >= 11 is 3.44. The minimum atomic E-state index is -0.240. The minimum Gasteiger partial charge on any atom is -0.346 e. The van der Waals surface area contributed by atoms with Crippen LogP contribution in [0, 0.1) is 5.82 Å². The summed E-state index contributed by atoms with van der Waals surface area (Å²) in [5.41, 5.74) is 1.73. The van der Waals surface area contributed by atoms with Crippen molar-refractivity contribution in [3.63, 3.8) is 0 Å². The van der Waals surface area contributed by atoms with Crippen molar-refractivity contribution in [2.75, 3.05) is 5.32 Å². The topological polar surface area (TPSA) is 42.2 Å². The number of benzene rings is 1. The summed E-state index contributed by atoms with van der Waals surface area (Å²) in [7, 11) is 0. The lowest BCUT2D eigenvalue weighted by molar-refractivity contribution is 0.626. The van der Waals surface area contributed by atoms with Crippen molar-refractivity contribution in [3.8, 4) is 0 Å². The second-order valence-corrected chi connectivity index (χ2v) is 5.33. The van der Waals surface area contributed by atoms with E-state index in [0.29, 0.717) is 5.95 Å². The van der Waals surface area contributed by atoms with Gasteiger partial charge in [0.15, 0.2) is 5.65 Å². The van der Waals surface area contributed by atoms with Gasteiger partial charge in [-0.05, 0) is 52.7 Å². The van der Waals surface area contributed by atoms with Crippen molar-refractivity contribution in [2.24, 2.45) is 0 Å². The molecular weight excluding hydrogens is 323 g/mol. The molecule has 102 valence electrons. The first-order valence-corrected chi connectivity index (χ1v) is 6.95. The molecule has 1 unspecified atom stereocenters. The van der Waals surface area contributed by atoms with Gasteiger partial charge in [-0.3, -0.25) is 0 Å². The molecule has 0 saturated carbocycles. The lowest BCUT2D eigenvalue weighted by Gasteiger charge is -2.12. The number of fused-ring (bicyclic) bond motifs is 1. The number of hydrogen-bond acceptors (Lipinski definition) is 3. The van der Waals surface area contributed by atoms with E-state index < -0.39 is 0 Å². The number of rotatable bonds is 3. The van der Waals surface area contributed by atoms with Crippen LogP contribution in [0.5, 0.6) is 0 Å². The van der Waals surface area contributed by atoms with E-state index in [0.717, 1.165) is 15.7 Å². The second-order valence-electron chi connectivity index (χ2n) is 4.48. The van der Waals surface area contributed by atoms with E-state index in [4.69, 9.17) is 0 Å². The molecule has 1 atom stereocenters. The largest absolute Gasteiger partial charge is 0.346 e. The molecule has 6 heteroatoms. The van der Waals surface area contributed by atoms with Crippen LogP contribution in [0.15, 0.2) is 47.1 Å². The average molecular weight is 335 g/mol. The molecule has 0 aliphatic heterocycles. The van der Waals surface area contributed by atoms with Gasteiger partial charge in [-0.1, -0.05) is 12.1 Å². The number of anilines is 1. The first kappa shape index (κ1) is 13.1. The molecule has 3 aromatic rings. The summed E-state index contributed by atoms with van der Waals surface area (Å²) in [5.74, 6) is 0.296. The third-order valence-corrected chi connectivity index (χ3v) is 3.65. The molecule has 0 saturated heterocycles. The highest BCUT2D eigenvalue weighted by atomic mass is 79.9. The summed E-state index contributed by atoms with van der Waals surface area (Å²) in [6.45, 7) is 1.98. The first-order valence-electron chi connectivity index (χ1n) is 6.16. The number of nitrogens with zero attached hydrogens (tertiary/aromatic N) is 3. The summed E-state index contributed by atoms with van der Waals surface area (Å²) in [6.07, 6.45) is 1.83. The van der Waals surface area contributed by atoms with Crippen molar-refractivity contribution in [2.45, 2.75) is 13.0 Å². The molecule has 0 spiro atoms. The predicted molar refractivity (Wildman–Crippen MR) is 79.1 cm³/mol. The molecule has 0 fully saturated rings. The molecular formula is C14H12BrFN4. The van der Waals surface area contributed by atoms with Crippen LogP contribution in [-0.2, 0) is 0 Å². The summed E-state index contributed by atoms with van der Waals surface area (Å²) in [4.78, 5) is 4.42. The third-order valence-electron chi connectivity index (χ3n) is 3.03. The van der Waals surface area contributed by atoms with Gasteiger partial charge in [-0.25, -0.2) is 8.91 Å². The molecule has 0 bridgehead atoms. The van der Waals surface area contributed by atoms with Gasteiger partial charge in [0.2, 0.25) is 5.95 Å². The Kier molecular flexibility index (Phi) is 3.40. The fourth-order valence-corrected chi connectivity index (χ4v) is 2.39. The van der Waals surface area contributed by atoms with E-state index in [1.54, 1.807) is 16.6 Å². The molecule has 2 heterocycles. The van der Waals surface area contributed by atoms with Crippen LogP contribution in [0.1, 0.15) is 18.5 Å². The Morgan fingerprint density at radius 1 is 1.25 bits per heavy atom. The maximum atomic E-state index is 12.9. The first-order chi connectivity index (χ1) is 9.63. The molecule has 2 aromatic heterocycles. The molecule has 0 aliphatic rings. The second kappa shape index (κ2) is 5.20. The minimum absolute atomic E-state index is 0.00760. The number of pyridine rings is 1. The highest BCUT2D eigenvalue weighted by molar-refractivity contribution is 9.10. The Labute approximate surface area is 123 Å². The molecule has 0 radical (unpaired) electrons. The van der Waals surface area contributed by atoms with Gasteiger partial charge in [-0.2, -0.15) is 4.98 Å². The Bertz CT molecular complexity index is 739. The lowest BCUT2D eigenvalue weighted by Crippen LogP contribution is -2.07. The van der Waals surface area contributed by atoms with E-state index in [-0.39, 0.29) is 11.9 Å². The van der Waals surface area contributed by atoms with Gasteiger partial charge in [0.1, 0.15) is 5.82 Å². The average Bonchev–Trinajstić information content (AvgIpc) is 2.83. The zero-order valence-electron chi connectivity index (χ0n) is 10.7.